The van der Waals surface area contributed by atoms with Gasteiger partial charge in [-0.15, -0.1) is 0 Å². The fourth-order valence-electron chi connectivity index (χ4n) is 2.17. The fourth-order valence-corrected chi connectivity index (χ4v) is 2.17. The first-order chi connectivity index (χ1) is 6.29. The van der Waals surface area contributed by atoms with E-state index in [0.717, 1.165) is 0 Å². The number of fused-ring (bicyclic) bond motifs is 1. The summed E-state index contributed by atoms with van der Waals surface area (Å²) >= 11 is 0. The van der Waals surface area contributed by atoms with E-state index in [0.29, 0.717) is 0 Å². The Morgan fingerprint density at radius 3 is 2.69 bits per heavy atom. The summed E-state index contributed by atoms with van der Waals surface area (Å²) in [6, 6.07) is 0. The molecule has 1 aliphatic carbocycles. The van der Waals surface area contributed by atoms with Crippen LogP contribution in [0.25, 0.3) is 0 Å². The maximum Gasteiger partial charge on any atom is 0.0404 e. The third-order valence-corrected chi connectivity index (χ3v) is 3.17. The highest BCUT2D eigenvalue weighted by atomic mass is 14.7. The number of hydrogen-bond acceptors (Lipinski definition) is 1. The molecule has 1 heterocycles. The molecule has 0 aliphatic heterocycles. The summed E-state index contributed by atoms with van der Waals surface area (Å²) in [4.78, 5) is 4.43. The molecule has 0 amide bonds. The van der Waals surface area contributed by atoms with Crippen LogP contribution in [0.15, 0.2) is 6.20 Å². The van der Waals surface area contributed by atoms with Crippen LogP contribution in [0.2, 0.25) is 0 Å². The predicted molar refractivity (Wildman–Crippen MR) is 55.0 cm³/mol. The summed E-state index contributed by atoms with van der Waals surface area (Å²) in [5, 5.41) is 0. The molecule has 0 saturated carbocycles. The van der Waals surface area contributed by atoms with Crippen molar-refractivity contribution < 1.29 is 0 Å². The van der Waals surface area contributed by atoms with Crippen molar-refractivity contribution in [3.63, 3.8) is 0 Å². The molecule has 0 unspecified atom stereocenters. The molecule has 0 atom stereocenters. The van der Waals surface area contributed by atoms with Gasteiger partial charge in [0.2, 0.25) is 0 Å². The molecule has 1 aromatic rings. The molecule has 0 radical (unpaired) electrons. The zero-order chi connectivity index (χ0) is 9.26. The lowest BCUT2D eigenvalue weighted by atomic mass is 9.99. The van der Waals surface area contributed by atoms with Crippen LogP contribution >= 0.6 is 0 Å². The van der Waals surface area contributed by atoms with Gasteiger partial charge in [-0.3, -0.25) is 4.98 Å². The first-order valence-electron chi connectivity index (χ1n) is 5.23. The summed E-state index contributed by atoms with van der Waals surface area (Å²) in [5.41, 5.74) is 5.73. The second-order valence-corrected chi connectivity index (χ2v) is 4.03. The Balaban J connectivity index is 2.48. The Kier molecular flexibility index (Phi) is 2.34. The van der Waals surface area contributed by atoms with E-state index in [-0.39, 0.29) is 0 Å². The second kappa shape index (κ2) is 3.49. The average molecular weight is 175 g/mol. The molecule has 70 valence electrons. The lowest BCUT2D eigenvalue weighted by Crippen LogP contribution is -1.99. The van der Waals surface area contributed by atoms with Crippen LogP contribution in [0, 0.1) is 13.8 Å². The molecule has 13 heavy (non-hydrogen) atoms. The van der Waals surface area contributed by atoms with Crippen molar-refractivity contribution in [3.05, 3.63) is 28.6 Å². The standard InChI is InChI=1S/C12H17N/c1-9-10(2)13-8-11-6-4-3-5-7-12(9)11/h8H,3-7H2,1-2H3. The highest BCUT2D eigenvalue weighted by molar-refractivity contribution is 5.35. The highest BCUT2D eigenvalue weighted by Gasteiger charge is 2.11. The van der Waals surface area contributed by atoms with Crippen LogP contribution in [0.5, 0.6) is 0 Å². The molecule has 0 fully saturated rings. The van der Waals surface area contributed by atoms with Crippen LogP contribution in [0.3, 0.4) is 0 Å². The quantitative estimate of drug-likeness (QED) is 0.552. The summed E-state index contributed by atoms with van der Waals surface area (Å²) in [7, 11) is 0. The minimum absolute atomic E-state index is 1.21. The molecule has 0 N–H and O–H groups in total. The van der Waals surface area contributed by atoms with E-state index in [1.807, 2.05) is 0 Å². The van der Waals surface area contributed by atoms with Gasteiger partial charge < -0.3 is 0 Å². The van der Waals surface area contributed by atoms with Gasteiger partial charge in [-0.05, 0) is 56.2 Å². The van der Waals surface area contributed by atoms with E-state index in [2.05, 4.69) is 25.0 Å². The van der Waals surface area contributed by atoms with Gasteiger partial charge in [0, 0.05) is 11.9 Å². The molecule has 1 nitrogen and oxygen atoms in total. The van der Waals surface area contributed by atoms with E-state index < -0.39 is 0 Å². The van der Waals surface area contributed by atoms with Crippen LogP contribution < -0.4 is 0 Å². The number of hydrogen-bond donors (Lipinski definition) is 0. The predicted octanol–water partition coefficient (Wildman–Crippen LogP) is 2.97. The van der Waals surface area contributed by atoms with Gasteiger partial charge in [-0.2, -0.15) is 0 Å². The van der Waals surface area contributed by atoms with Crippen LogP contribution in [0.1, 0.15) is 41.6 Å². The van der Waals surface area contributed by atoms with Gasteiger partial charge in [0.1, 0.15) is 0 Å². The molecule has 0 bridgehead atoms. The van der Waals surface area contributed by atoms with Crippen molar-refractivity contribution in [1.29, 1.82) is 0 Å². The lowest BCUT2D eigenvalue weighted by Gasteiger charge is -2.10. The van der Waals surface area contributed by atoms with E-state index >= 15 is 0 Å². The Morgan fingerprint density at radius 1 is 1.08 bits per heavy atom. The van der Waals surface area contributed by atoms with Gasteiger partial charge >= 0.3 is 0 Å². The maximum absolute atomic E-state index is 4.43. The van der Waals surface area contributed by atoms with Gasteiger partial charge in [0.05, 0.1) is 0 Å². The third-order valence-electron chi connectivity index (χ3n) is 3.17. The first kappa shape index (κ1) is 8.74. The Morgan fingerprint density at radius 2 is 1.85 bits per heavy atom. The van der Waals surface area contributed by atoms with Crippen molar-refractivity contribution in [1.82, 2.24) is 4.98 Å². The number of rotatable bonds is 0. The molecular weight excluding hydrogens is 158 g/mol. The van der Waals surface area contributed by atoms with Crippen molar-refractivity contribution >= 4 is 0 Å². The Bertz CT molecular complexity index is 315. The summed E-state index contributed by atoms with van der Waals surface area (Å²) in [5.74, 6) is 0. The summed E-state index contributed by atoms with van der Waals surface area (Å²) < 4.78 is 0. The lowest BCUT2D eigenvalue weighted by molar-refractivity contribution is 0.711. The van der Waals surface area contributed by atoms with Crippen molar-refractivity contribution in [3.8, 4) is 0 Å². The molecule has 2 rings (SSSR count). The van der Waals surface area contributed by atoms with Crippen molar-refractivity contribution in [2.24, 2.45) is 0 Å². The van der Waals surface area contributed by atoms with Crippen LogP contribution in [-0.4, -0.2) is 4.98 Å². The molecule has 1 heteroatoms. The zero-order valence-electron chi connectivity index (χ0n) is 8.56. The summed E-state index contributed by atoms with van der Waals surface area (Å²) in [6.07, 6.45) is 8.68. The smallest absolute Gasteiger partial charge is 0.0404 e. The number of aromatic nitrogens is 1. The molecule has 0 spiro atoms. The first-order valence-corrected chi connectivity index (χ1v) is 5.23. The molecule has 0 saturated heterocycles. The van der Waals surface area contributed by atoms with E-state index in [4.69, 9.17) is 0 Å². The van der Waals surface area contributed by atoms with Gasteiger partial charge in [0.15, 0.2) is 0 Å². The molecular formula is C12H17N. The molecule has 1 aromatic heterocycles. The van der Waals surface area contributed by atoms with Gasteiger partial charge in [-0.25, -0.2) is 0 Å². The Hall–Kier alpha value is -0.850. The second-order valence-electron chi connectivity index (χ2n) is 4.03. The normalized spacial score (nSPS) is 16.5. The maximum atomic E-state index is 4.43. The van der Waals surface area contributed by atoms with Crippen molar-refractivity contribution in [2.75, 3.05) is 0 Å². The Labute approximate surface area is 80.2 Å². The molecule has 1 aliphatic rings. The number of aryl methyl sites for hydroxylation is 2. The largest absolute Gasteiger partial charge is 0.261 e. The average Bonchev–Trinajstić information content (AvgIpc) is 2.36. The summed E-state index contributed by atoms with van der Waals surface area (Å²) in [6.45, 7) is 4.33. The van der Waals surface area contributed by atoms with E-state index in [1.54, 1.807) is 5.56 Å². The van der Waals surface area contributed by atoms with Gasteiger partial charge in [0.25, 0.3) is 0 Å². The minimum Gasteiger partial charge on any atom is -0.261 e. The van der Waals surface area contributed by atoms with E-state index in [9.17, 15) is 0 Å². The van der Waals surface area contributed by atoms with Gasteiger partial charge in [-0.1, -0.05) is 6.42 Å². The topological polar surface area (TPSA) is 12.9 Å². The SMILES string of the molecule is Cc1ncc2c(c1C)CCCCC2. The minimum atomic E-state index is 1.21. The van der Waals surface area contributed by atoms with Crippen LogP contribution in [0.4, 0.5) is 0 Å². The highest BCUT2D eigenvalue weighted by Crippen LogP contribution is 2.23. The number of nitrogens with zero attached hydrogens (tertiary/aromatic N) is 1. The van der Waals surface area contributed by atoms with E-state index in [1.165, 1.54) is 48.9 Å². The van der Waals surface area contributed by atoms with Crippen LogP contribution in [-0.2, 0) is 12.8 Å². The number of pyridine rings is 1. The zero-order valence-corrected chi connectivity index (χ0v) is 8.56. The fraction of sp³-hybridized carbons (Fsp3) is 0.583. The third kappa shape index (κ3) is 1.60. The molecule has 0 aromatic carbocycles. The van der Waals surface area contributed by atoms with Crippen molar-refractivity contribution in [2.45, 2.75) is 46.0 Å². The monoisotopic (exact) mass is 175 g/mol.